The van der Waals surface area contributed by atoms with Crippen LogP contribution < -0.4 is 5.32 Å². The number of H-pyrrole nitrogens is 1. The number of likely N-dealkylation sites (N-methyl/N-ethyl adjacent to an activating group) is 1. The molecule has 0 radical (unpaired) electrons. The highest BCUT2D eigenvalue weighted by atomic mass is 16.7. The highest BCUT2D eigenvalue weighted by Crippen LogP contribution is 2.46. The van der Waals surface area contributed by atoms with E-state index in [-0.39, 0.29) is 23.8 Å². The Bertz CT molecular complexity index is 1760. The number of carbonyl (C=O) groups excluding carboxylic acids is 3. The van der Waals surface area contributed by atoms with Gasteiger partial charge in [-0.1, -0.05) is 32.1 Å². The molecule has 5 heterocycles. The Labute approximate surface area is 287 Å². The number of hydrogen-bond acceptors (Lipinski definition) is 10. The molecule has 270 valence electrons. The zero-order valence-corrected chi connectivity index (χ0v) is 28.2. The lowest BCUT2D eigenvalue weighted by Crippen LogP contribution is -2.71. The van der Waals surface area contributed by atoms with Crippen molar-refractivity contribution >= 4 is 46.1 Å². The monoisotopic (exact) mass is 697 g/mol. The molecule has 0 bridgehead atoms. The van der Waals surface area contributed by atoms with E-state index in [1.54, 1.807) is 4.90 Å². The third kappa shape index (κ3) is 5.74. The van der Waals surface area contributed by atoms with Gasteiger partial charge in [0.15, 0.2) is 12.2 Å². The Kier molecular flexibility index (Phi) is 9.05. The highest BCUT2D eigenvalue weighted by Gasteiger charge is 2.70. The average molecular weight is 698 g/mol. The number of hydrogen-bond donors (Lipinski definition) is 7. The molecule has 1 aromatic heterocycles. The minimum Gasteiger partial charge on any atom is -0.479 e. The SMILES string of the molecule is CC(C)C[C@H]1C(=O)N2CCC[C@H]2[C@]2(O)O[C@@](C)(NC(=O)[C@@H]3C=C4c5cccc6[nH]cc(c56)C[C@H]4N(C)C3)C(=O)N12.O=C(O)C(O)C(O)C(=O)O. The molecule has 16 heteroatoms. The summed E-state index contributed by atoms with van der Waals surface area (Å²) in [4.78, 5) is 69.2. The number of nitrogens with one attached hydrogen (secondary N) is 2. The number of carboxylic acid groups (broad SMARTS) is 2. The number of fused-ring (bicyclic) bond motifs is 5. The minimum absolute atomic E-state index is 0.115. The number of aliphatic carboxylic acids is 2. The number of piperazine rings is 1. The van der Waals surface area contributed by atoms with E-state index < -0.39 is 59.7 Å². The van der Waals surface area contributed by atoms with Crippen LogP contribution in [0.1, 0.15) is 51.2 Å². The van der Waals surface area contributed by atoms with Crippen LogP contribution in [0, 0.1) is 11.8 Å². The summed E-state index contributed by atoms with van der Waals surface area (Å²) in [5.74, 6) is -7.02. The number of aromatic nitrogens is 1. The van der Waals surface area contributed by atoms with Gasteiger partial charge in [-0.05, 0) is 68.3 Å². The Morgan fingerprint density at radius 3 is 2.44 bits per heavy atom. The number of benzene rings is 1. The molecule has 2 aromatic rings. The van der Waals surface area contributed by atoms with Crippen molar-refractivity contribution in [1.82, 2.24) is 25.0 Å². The van der Waals surface area contributed by atoms with Gasteiger partial charge in [0.05, 0.1) is 5.92 Å². The van der Waals surface area contributed by atoms with Gasteiger partial charge in [0.2, 0.25) is 17.5 Å². The average Bonchev–Trinajstić information content (AvgIpc) is 3.76. The van der Waals surface area contributed by atoms with Gasteiger partial charge in [-0.15, -0.1) is 0 Å². The van der Waals surface area contributed by atoms with Crippen molar-refractivity contribution in [2.45, 2.75) is 88.4 Å². The van der Waals surface area contributed by atoms with Crippen molar-refractivity contribution in [1.29, 1.82) is 0 Å². The summed E-state index contributed by atoms with van der Waals surface area (Å²) in [6.07, 6.45) is 2.08. The number of aliphatic hydroxyl groups is 3. The number of carbonyl (C=O) groups is 5. The Hall–Kier alpha value is -4.35. The normalized spacial score (nSPS) is 31.3. The van der Waals surface area contributed by atoms with E-state index in [1.165, 1.54) is 22.8 Å². The molecular weight excluding hydrogens is 654 g/mol. The molecule has 1 aromatic carbocycles. The minimum atomic E-state index is -2.27. The zero-order chi connectivity index (χ0) is 36.4. The van der Waals surface area contributed by atoms with Gasteiger partial charge in [-0.25, -0.2) is 9.59 Å². The summed E-state index contributed by atoms with van der Waals surface area (Å²) >= 11 is 0. The Morgan fingerprint density at radius 2 is 1.80 bits per heavy atom. The van der Waals surface area contributed by atoms with Crippen LogP contribution >= 0.6 is 0 Å². The molecule has 0 saturated carbocycles. The fourth-order valence-electron chi connectivity index (χ4n) is 8.03. The van der Waals surface area contributed by atoms with Gasteiger partial charge in [0, 0.05) is 36.2 Å². The van der Waals surface area contributed by atoms with E-state index in [4.69, 9.17) is 25.2 Å². The molecule has 3 saturated heterocycles. The number of nitrogens with zero attached hydrogens (tertiary/aromatic N) is 3. The molecule has 8 atom stereocenters. The summed E-state index contributed by atoms with van der Waals surface area (Å²) in [7, 11) is 2.02. The smallest absolute Gasteiger partial charge is 0.335 e. The maximum absolute atomic E-state index is 14.0. The van der Waals surface area contributed by atoms with Crippen LogP contribution in [-0.4, -0.2) is 137 Å². The quantitative estimate of drug-likeness (QED) is 0.197. The van der Waals surface area contributed by atoms with Gasteiger partial charge < -0.3 is 40.7 Å². The highest BCUT2D eigenvalue weighted by molar-refractivity contribution is 6.01. The van der Waals surface area contributed by atoms with E-state index >= 15 is 0 Å². The second kappa shape index (κ2) is 12.8. The molecular formula is C34H43N5O11. The number of carboxylic acids is 2. The van der Waals surface area contributed by atoms with Crippen LogP contribution in [0.5, 0.6) is 0 Å². The van der Waals surface area contributed by atoms with E-state index in [0.717, 1.165) is 29.5 Å². The van der Waals surface area contributed by atoms with Crippen molar-refractivity contribution in [2.75, 3.05) is 20.1 Å². The number of aromatic amines is 1. The number of amides is 3. The molecule has 3 amide bonds. The standard InChI is InChI=1S/C30H37N5O5.C4H6O6/c1-16(2)11-23-27(37)34-10-6-9-24(34)30(39)35(23)28(38)29(3,40-30)32-26(36)18-12-20-19-7-5-8-21-25(19)17(14-31-21)13-22(20)33(4)15-18;5-1(3(7)8)2(6)4(9)10/h5,7-8,12,14,16,18,22-24,31,39H,6,9-11,13,15H2,1-4H3,(H,32,36);1-2,5-6H,(H,7,8)(H,9,10)/t18-,22-,23+,24+,29-,30+;/m1./s1. The van der Waals surface area contributed by atoms with Crippen molar-refractivity contribution in [3.63, 3.8) is 0 Å². The van der Waals surface area contributed by atoms with Crippen LogP contribution in [0.3, 0.4) is 0 Å². The molecule has 4 aliphatic heterocycles. The molecule has 2 unspecified atom stereocenters. The molecule has 7 rings (SSSR count). The third-order valence-electron chi connectivity index (χ3n) is 10.4. The first-order valence-corrected chi connectivity index (χ1v) is 16.7. The second-order valence-electron chi connectivity index (χ2n) is 14.3. The van der Waals surface area contributed by atoms with Crippen LogP contribution in [0.2, 0.25) is 0 Å². The molecule has 1 aliphatic carbocycles. The summed E-state index contributed by atoms with van der Waals surface area (Å²) in [6, 6.07) is 4.84. The van der Waals surface area contributed by atoms with E-state index in [0.29, 0.717) is 25.9 Å². The summed E-state index contributed by atoms with van der Waals surface area (Å²) < 4.78 is 6.17. The Balaban J connectivity index is 0.000000379. The van der Waals surface area contributed by atoms with Crippen molar-refractivity contribution in [3.05, 3.63) is 41.6 Å². The van der Waals surface area contributed by atoms with Crippen LogP contribution in [0.25, 0.3) is 16.5 Å². The third-order valence-corrected chi connectivity index (χ3v) is 10.4. The van der Waals surface area contributed by atoms with Gasteiger partial charge in [0.1, 0.15) is 12.1 Å². The van der Waals surface area contributed by atoms with E-state index in [1.807, 2.05) is 33.0 Å². The van der Waals surface area contributed by atoms with Crippen LogP contribution in [0.4, 0.5) is 0 Å². The fourth-order valence-corrected chi connectivity index (χ4v) is 8.03. The summed E-state index contributed by atoms with van der Waals surface area (Å²) in [5.41, 5.74) is 2.78. The summed E-state index contributed by atoms with van der Waals surface area (Å²) in [5, 5.41) is 48.5. The van der Waals surface area contributed by atoms with Gasteiger partial charge in [-0.3, -0.25) is 28.9 Å². The molecule has 0 spiro atoms. The topological polar surface area (TPSA) is 233 Å². The van der Waals surface area contributed by atoms with E-state index in [9.17, 15) is 29.1 Å². The first kappa shape index (κ1) is 35.5. The summed E-state index contributed by atoms with van der Waals surface area (Å²) in [6.45, 7) is 6.46. The number of rotatable bonds is 7. The maximum atomic E-state index is 14.0. The molecule has 3 fully saturated rings. The lowest BCUT2D eigenvalue weighted by molar-refractivity contribution is -0.315. The Morgan fingerprint density at radius 1 is 1.12 bits per heavy atom. The largest absolute Gasteiger partial charge is 0.479 e. The first-order chi connectivity index (χ1) is 23.5. The van der Waals surface area contributed by atoms with Crippen LogP contribution in [0.15, 0.2) is 30.5 Å². The van der Waals surface area contributed by atoms with Gasteiger partial charge >= 0.3 is 11.9 Å². The van der Waals surface area contributed by atoms with Crippen molar-refractivity contribution in [2.24, 2.45) is 11.8 Å². The second-order valence-corrected chi connectivity index (χ2v) is 14.3. The predicted octanol–water partition coefficient (Wildman–Crippen LogP) is -0.328. The van der Waals surface area contributed by atoms with E-state index in [2.05, 4.69) is 33.5 Å². The van der Waals surface area contributed by atoms with Crippen molar-refractivity contribution in [3.8, 4) is 0 Å². The molecule has 50 heavy (non-hydrogen) atoms. The molecule has 5 aliphatic rings. The first-order valence-electron chi connectivity index (χ1n) is 16.7. The molecule has 7 N–H and O–H groups in total. The fraction of sp³-hybridized carbons (Fsp3) is 0.559. The lowest BCUT2D eigenvalue weighted by Gasteiger charge is -2.49. The molecule has 16 nitrogen and oxygen atoms in total. The van der Waals surface area contributed by atoms with Crippen molar-refractivity contribution < 1.29 is 54.2 Å². The van der Waals surface area contributed by atoms with Gasteiger partial charge in [0.25, 0.3) is 11.8 Å². The number of ether oxygens (including phenoxy) is 1. The number of aliphatic hydroxyl groups excluding tert-OH is 2. The lowest BCUT2D eigenvalue weighted by atomic mass is 9.79. The van der Waals surface area contributed by atoms with Crippen LogP contribution in [-0.2, 0) is 35.1 Å². The maximum Gasteiger partial charge on any atom is 0.335 e. The predicted molar refractivity (Wildman–Crippen MR) is 175 cm³/mol. The van der Waals surface area contributed by atoms with Gasteiger partial charge in [-0.2, -0.15) is 0 Å². The zero-order valence-electron chi connectivity index (χ0n) is 28.2.